The Morgan fingerprint density at radius 2 is 2.00 bits per heavy atom. The minimum absolute atomic E-state index is 0.00725. The van der Waals surface area contributed by atoms with E-state index in [0.717, 1.165) is 0 Å². The maximum Gasteiger partial charge on any atom is 0.303 e. The zero-order valence-corrected chi connectivity index (χ0v) is 8.91. The summed E-state index contributed by atoms with van der Waals surface area (Å²) in [5.41, 5.74) is 0. The van der Waals surface area contributed by atoms with Gasteiger partial charge in [0.05, 0.1) is 6.54 Å². The Bertz CT molecular complexity index is 204. The van der Waals surface area contributed by atoms with Gasteiger partial charge in [0.15, 0.2) is 0 Å². The van der Waals surface area contributed by atoms with Crippen molar-refractivity contribution >= 4 is 11.9 Å². The van der Waals surface area contributed by atoms with E-state index in [-0.39, 0.29) is 24.9 Å². The van der Waals surface area contributed by atoms with Crippen LogP contribution in [0.4, 0.5) is 0 Å². The molecule has 1 atom stereocenters. The maximum absolute atomic E-state index is 11.1. The number of nitrogens with one attached hydrogen (secondary N) is 1. The Morgan fingerprint density at radius 3 is 2.43 bits per heavy atom. The van der Waals surface area contributed by atoms with Gasteiger partial charge in [-0.25, -0.2) is 0 Å². The number of likely N-dealkylation sites (N-methyl/N-ethyl adjacent to an activating group) is 1. The number of nitrogens with zero attached hydrogens (tertiary/aromatic N) is 1. The quantitative estimate of drug-likeness (QED) is 0.632. The first-order valence-corrected chi connectivity index (χ1v) is 4.58. The lowest BCUT2D eigenvalue weighted by Gasteiger charge is -2.15. The van der Waals surface area contributed by atoms with E-state index in [0.29, 0.717) is 6.42 Å². The van der Waals surface area contributed by atoms with Gasteiger partial charge in [-0.05, 0) is 13.3 Å². The molecule has 0 aliphatic rings. The molecule has 0 aliphatic carbocycles. The number of aliphatic carboxylic acids is 1. The molecule has 0 aromatic heterocycles. The minimum atomic E-state index is -0.808. The molecule has 0 aromatic rings. The van der Waals surface area contributed by atoms with Crippen molar-refractivity contribution in [1.82, 2.24) is 10.2 Å². The third-order valence-corrected chi connectivity index (χ3v) is 1.89. The fourth-order valence-corrected chi connectivity index (χ4v) is 0.862. The van der Waals surface area contributed by atoms with Crippen molar-refractivity contribution in [2.75, 3.05) is 20.6 Å². The largest absolute Gasteiger partial charge is 0.481 e. The zero-order chi connectivity index (χ0) is 11.1. The summed E-state index contributed by atoms with van der Waals surface area (Å²) >= 11 is 0. The van der Waals surface area contributed by atoms with E-state index in [4.69, 9.17) is 5.11 Å². The second-order valence-corrected chi connectivity index (χ2v) is 3.50. The van der Waals surface area contributed by atoms with Gasteiger partial charge in [0, 0.05) is 26.6 Å². The molecule has 5 heteroatoms. The number of carbonyl (C=O) groups excluding carboxylic acids is 1. The summed E-state index contributed by atoms with van der Waals surface area (Å²) in [6, 6.07) is 0.0509. The first kappa shape index (κ1) is 12.9. The first-order valence-electron chi connectivity index (χ1n) is 4.58. The van der Waals surface area contributed by atoms with Crippen molar-refractivity contribution in [2.45, 2.75) is 25.8 Å². The van der Waals surface area contributed by atoms with Gasteiger partial charge in [0.1, 0.15) is 0 Å². The van der Waals surface area contributed by atoms with E-state index < -0.39 is 5.97 Å². The summed E-state index contributed by atoms with van der Waals surface area (Å²) in [6.45, 7) is 2.12. The number of hydrogen-bond donors (Lipinski definition) is 2. The van der Waals surface area contributed by atoms with Crippen LogP contribution in [0.1, 0.15) is 19.8 Å². The molecule has 0 saturated heterocycles. The molecular weight excluding hydrogens is 184 g/mol. The number of hydrogen-bond acceptors (Lipinski definition) is 3. The predicted octanol–water partition coefficient (Wildman–Crippen LogP) is -0.0825. The minimum Gasteiger partial charge on any atom is -0.481 e. The molecule has 0 saturated carbocycles. The number of carbonyl (C=O) groups is 2. The van der Waals surface area contributed by atoms with Gasteiger partial charge in [-0.2, -0.15) is 0 Å². The zero-order valence-electron chi connectivity index (χ0n) is 8.91. The highest BCUT2D eigenvalue weighted by Crippen LogP contribution is 1.95. The van der Waals surface area contributed by atoms with Crippen LogP contribution in [-0.4, -0.2) is 48.6 Å². The molecule has 0 aliphatic heterocycles. The molecule has 0 radical (unpaired) electrons. The van der Waals surface area contributed by atoms with Gasteiger partial charge < -0.3 is 15.3 Å². The average Bonchev–Trinajstić information content (AvgIpc) is 2.10. The predicted molar refractivity (Wildman–Crippen MR) is 53.0 cm³/mol. The van der Waals surface area contributed by atoms with Gasteiger partial charge >= 0.3 is 5.97 Å². The van der Waals surface area contributed by atoms with E-state index in [1.807, 2.05) is 6.92 Å². The topological polar surface area (TPSA) is 69.6 Å². The lowest BCUT2D eigenvalue weighted by molar-refractivity contribution is -0.137. The molecule has 0 fully saturated rings. The molecule has 2 N–H and O–H groups in total. The Hall–Kier alpha value is -1.10. The Labute approximate surface area is 84.1 Å². The summed E-state index contributed by atoms with van der Waals surface area (Å²) in [7, 11) is 3.37. The van der Waals surface area contributed by atoms with Crippen molar-refractivity contribution in [3.63, 3.8) is 0 Å². The monoisotopic (exact) mass is 202 g/mol. The van der Waals surface area contributed by atoms with Crippen molar-refractivity contribution in [1.29, 1.82) is 0 Å². The van der Waals surface area contributed by atoms with Crippen LogP contribution in [-0.2, 0) is 9.59 Å². The van der Waals surface area contributed by atoms with Crippen LogP contribution >= 0.6 is 0 Å². The van der Waals surface area contributed by atoms with Crippen LogP contribution in [0.2, 0.25) is 0 Å². The van der Waals surface area contributed by atoms with Crippen LogP contribution < -0.4 is 5.32 Å². The van der Waals surface area contributed by atoms with Crippen LogP contribution in [0.5, 0.6) is 0 Å². The average molecular weight is 202 g/mol. The molecule has 0 heterocycles. The van der Waals surface area contributed by atoms with Crippen LogP contribution in [0.15, 0.2) is 0 Å². The van der Waals surface area contributed by atoms with Crippen molar-refractivity contribution < 1.29 is 14.7 Å². The van der Waals surface area contributed by atoms with Gasteiger partial charge in [-0.15, -0.1) is 0 Å². The highest BCUT2D eigenvalue weighted by Gasteiger charge is 2.08. The fraction of sp³-hybridized carbons (Fsp3) is 0.778. The van der Waals surface area contributed by atoms with Crippen molar-refractivity contribution in [2.24, 2.45) is 0 Å². The van der Waals surface area contributed by atoms with E-state index in [2.05, 4.69) is 5.32 Å². The summed E-state index contributed by atoms with van der Waals surface area (Å²) < 4.78 is 0. The van der Waals surface area contributed by atoms with E-state index >= 15 is 0 Å². The molecule has 1 amide bonds. The summed E-state index contributed by atoms with van der Waals surface area (Å²) in [4.78, 5) is 22.9. The smallest absolute Gasteiger partial charge is 0.303 e. The summed E-state index contributed by atoms with van der Waals surface area (Å²) in [6.07, 6.45) is 0.667. The van der Waals surface area contributed by atoms with Gasteiger partial charge in [0.2, 0.25) is 5.91 Å². The molecule has 0 bridgehead atoms. The second kappa shape index (κ2) is 6.37. The van der Waals surface area contributed by atoms with Gasteiger partial charge in [-0.1, -0.05) is 0 Å². The van der Waals surface area contributed by atoms with Crippen LogP contribution in [0.25, 0.3) is 0 Å². The standard InChI is InChI=1S/C9H18N2O3/c1-7(4-5-9(13)14)10-6-8(12)11(2)3/h7,10H,4-6H2,1-3H3,(H,13,14). The van der Waals surface area contributed by atoms with Gasteiger partial charge in [0.25, 0.3) is 0 Å². The highest BCUT2D eigenvalue weighted by molar-refractivity contribution is 5.77. The Balaban J connectivity index is 3.58. The third kappa shape index (κ3) is 6.42. The second-order valence-electron chi connectivity index (χ2n) is 3.50. The molecule has 14 heavy (non-hydrogen) atoms. The first-order chi connectivity index (χ1) is 6.43. The SMILES string of the molecule is CC(CCC(=O)O)NCC(=O)N(C)C. The maximum atomic E-state index is 11.1. The highest BCUT2D eigenvalue weighted by atomic mass is 16.4. The normalized spacial score (nSPS) is 12.2. The molecule has 1 unspecified atom stereocenters. The fourth-order valence-electron chi connectivity index (χ4n) is 0.862. The lowest BCUT2D eigenvalue weighted by Crippen LogP contribution is -2.37. The summed E-state index contributed by atoms with van der Waals surface area (Å²) in [5, 5.41) is 11.4. The van der Waals surface area contributed by atoms with Gasteiger partial charge in [-0.3, -0.25) is 9.59 Å². The molecule has 0 spiro atoms. The van der Waals surface area contributed by atoms with Crippen molar-refractivity contribution in [3.8, 4) is 0 Å². The van der Waals surface area contributed by atoms with E-state index in [9.17, 15) is 9.59 Å². The van der Waals surface area contributed by atoms with Crippen LogP contribution in [0.3, 0.4) is 0 Å². The van der Waals surface area contributed by atoms with Crippen LogP contribution in [0, 0.1) is 0 Å². The number of carboxylic acid groups (broad SMARTS) is 1. The number of carboxylic acids is 1. The molecule has 5 nitrogen and oxygen atoms in total. The lowest BCUT2D eigenvalue weighted by atomic mass is 10.2. The molecular formula is C9H18N2O3. The number of rotatable bonds is 6. The molecule has 82 valence electrons. The Kier molecular flexibility index (Phi) is 5.87. The number of amides is 1. The Morgan fingerprint density at radius 1 is 1.43 bits per heavy atom. The summed E-state index contributed by atoms with van der Waals surface area (Å²) in [5.74, 6) is -0.815. The third-order valence-electron chi connectivity index (χ3n) is 1.89. The van der Waals surface area contributed by atoms with E-state index in [1.54, 1.807) is 14.1 Å². The van der Waals surface area contributed by atoms with E-state index in [1.165, 1.54) is 4.90 Å². The van der Waals surface area contributed by atoms with Crippen molar-refractivity contribution in [3.05, 3.63) is 0 Å². The molecule has 0 aromatic carbocycles. The molecule has 0 rings (SSSR count).